The van der Waals surface area contributed by atoms with Gasteiger partial charge in [0, 0.05) is 6.21 Å². The maximum Gasteiger partial charge on any atom is 0.416 e. The van der Waals surface area contributed by atoms with Crippen LogP contribution in [0, 0.1) is 6.92 Å². The number of benzene rings is 2. The molecule has 0 aliphatic heterocycles. The van der Waals surface area contributed by atoms with Crippen molar-refractivity contribution in [2.45, 2.75) is 18.0 Å². The van der Waals surface area contributed by atoms with Crippen LogP contribution in [0.5, 0.6) is 0 Å². The van der Waals surface area contributed by atoms with Crippen molar-refractivity contribution in [3.8, 4) is 0 Å². The molecule has 2 aromatic rings. The molecule has 2 aromatic carbocycles. The minimum Gasteiger partial charge on any atom is -0.199 e. The number of rotatable bonds is 3. The Labute approximate surface area is 126 Å². The number of halogens is 3. The van der Waals surface area contributed by atoms with Gasteiger partial charge in [-0.3, -0.25) is 0 Å². The normalized spacial score (nSPS) is 12.7. The molecule has 22 heavy (non-hydrogen) atoms. The molecule has 0 N–H and O–H groups in total. The molecule has 3 nitrogen and oxygen atoms in total. The average Bonchev–Trinajstić information content (AvgIpc) is 2.45. The average molecular weight is 327 g/mol. The van der Waals surface area contributed by atoms with Gasteiger partial charge in [0.2, 0.25) is 0 Å². The third-order valence-electron chi connectivity index (χ3n) is 2.87. The van der Waals surface area contributed by atoms with E-state index in [1.165, 1.54) is 24.3 Å². The maximum absolute atomic E-state index is 12.6. The molecule has 2 rings (SSSR count). The first kappa shape index (κ1) is 16.2. The van der Waals surface area contributed by atoms with Gasteiger partial charge in [-0.1, -0.05) is 29.8 Å². The highest BCUT2D eigenvalue weighted by atomic mass is 32.2. The summed E-state index contributed by atoms with van der Waals surface area (Å²) in [6.45, 7) is 1.81. The van der Waals surface area contributed by atoms with Gasteiger partial charge in [-0.05, 0) is 36.8 Å². The maximum atomic E-state index is 12.6. The summed E-state index contributed by atoms with van der Waals surface area (Å²) in [6, 6.07) is 10.3. The molecule has 7 heteroatoms. The zero-order chi connectivity index (χ0) is 16.4. The lowest BCUT2D eigenvalue weighted by Gasteiger charge is -2.06. The van der Waals surface area contributed by atoms with E-state index in [-0.39, 0.29) is 10.5 Å². The zero-order valence-corrected chi connectivity index (χ0v) is 12.3. The Balaban J connectivity index is 2.30. The summed E-state index contributed by atoms with van der Waals surface area (Å²) < 4.78 is 65.1. The molecule has 0 heterocycles. The van der Waals surface area contributed by atoms with Gasteiger partial charge in [-0.15, -0.1) is 0 Å². The Morgan fingerprint density at radius 1 is 1.05 bits per heavy atom. The summed E-state index contributed by atoms with van der Waals surface area (Å²) in [6.07, 6.45) is -3.58. The molecule has 0 aliphatic carbocycles. The number of hydrogen-bond acceptors (Lipinski definition) is 2. The molecule has 116 valence electrons. The van der Waals surface area contributed by atoms with Gasteiger partial charge in [0.25, 0.3) is 10.0 Å². The van der Waals surface area contributed by atoms with E-state index in [2.05, 4.69) is 4.40 Å². The van der Waals surface area contributed by atoms with Gasteiger partial charge < -0.3 is 0 Å². The monoisotopic (exact) mass is 327 g/mol. The SMILES string of the molecule is Cc1ccc(S(=O)(=O)/N=C/c2cccc(C(F)(F)F)c2)cc1. The van der Waals surface area contributed by atoms with Crippen LogP contribution >= 0.6 is 0 Å². The van der Waals surface area contributed by atoms with Crippen molar-refractivity contribution in [2.75, 3.05) is 0 Å². The van der Waals surface area contributed by atoms with Crippen LogP contribution in [0.4, 0.5) is 13.2 Å². The summed E-state index contributed by atoms with van der Waals surface area (Å²) in [5.41, 5.74) is 0.0931. The van der Waals surface area contributed by atoms with E-state index >= 15 is 0 Å². The van der Waals surface area contributed by atoms with E-state index in [1.807, 2.05) is 6.92 Å². The van der Waals surface area contributed by atoms with E-state index in [0.29, 0.717) is 0 Å². The van der Waals surface area contributed by atoms with E-state index in [9.17, 15) is 21.6 Å². The topological polar surface area (TPSA) is 46.5 Å². The quantitative estimate of drug-likeness (QED) is 0.805. The molecule has 0 aromatic heterocycles. The third-order valence-corrected chi connectivity index (χ3v) is 4.12. The Morgan fingerprint density at radius 2 is 1.68 bits per heavy atom. The highest BCUT2D eigenvalue weighted by Crippen LogP contribution is 2.29. The molecule has 0 amide bonds. The van der Waals surface area contributed by atoms with Crippen LogP contribution in [0.2, 0.25) is 0 Å². The smallest absolute Gasteiger partial charge is 0.199 e. The number of nitrogens with zero attached hydrogens (tertiary/aromatic N) is 1. The van der Waals surface area contributed by atoms with E-state index in [0.717, 1.165) is 23.9 Å². The van der Waals surface area contributed by atoms with Gasteiger partial charge in [0.05, 0.1) is 10.5 Å². The minimum atomic E-state index is -4.49. The lowest BCUT2D eigenvalue weighted by molar-refractivity contribution is -0.137. The lowest BCUT2D eigenvalue weighted by Crippen LogP contribution is -2.05. The summed E-state index contributed by atoms with van der Waals surface area (Å²) in [7, 11) is -3.94. The van der Waals surface area contributed by atoms with Gasteiger partial charge in [0.15, 0.2) is 0 Å². The highest BCUT2D eigenvalue weighted by Gasteiger charge is 2.30. The third kappa shape index (κ3) is 3.94. The van der Waals surface area contributed by atoms with Gasteiger partial charge in [-0.2, -0.15) is 26.0 Å². The van der Waals surface area contributed by atoms with Crippen molar-refractivity contribution in [3.63, 3.8) is 0 Å². The van der Waals surface area contributed by atoms with Gasteiger partial charge >= 0.3 is 6.18 Å². The fourth-order valence-electron chi connectivity index (χ4n) is 1.70. The predicted molar refractivity (Wildman–Crippen MR) is 77.4 cm³/mol. The summed E-state index contributed by atoms with van der Waals surface area (Å²) in [5.74, 6) is 0. The standard InChI is InChI=1S/C15H12F3NO2S/c1-11-5-7-14(8-6-11)22(20,21)19-10-12-3-2-4-13(9-12)15(16,17)18/h2-10H,1H3/b19-10+. The zero-order valence-electron chi connectivity index (χ0n) is 11.5. The first-order chi connectivity index (χ1) is 10.2. The number of aryl methyl sites for hydroxylation is 1. The van der Waals surface area contributed by atoms with Crippen molar-refractivity contribution < 1.29 is 21.6 Å². The second kappa shape index (κ2) is 5.92. The highest BCUT2D eigenvalue weighted by molar-refractivity contribution is 7.90. The first-order valence-electron chi connectivity index (χ1n) is 6.23. The van der Waals surface area contributed by atoms with Crippen LogP contribution < -0.4 is 0 Å². The van der Waals surface area contributed by atoms with Gasteiger partial charge in [-0.25, -0.2) is 0 Å². The fourth-order valence-corrected chi connectivity index (χ4v) is 2.56. The van der Waals surface area contributed by atoms with Crippen molar-refractivity contribution in [3.05, 3.63) is 65.2 Å². The lowest BCUT2D eigenvalue weighted by atomic mass is 10.1. The largest absolute Gasteiger partial charge is 0.416 e. The fraction of sp³-hybridized carbons (Fsp3) is 0.133. The van der Waals surface area contributed by atoms with E-state index < -0.39 is 21.8 Å². The van der Waals surface area contributed by atoms with Crippen LogP contribution in [-0.4, -0.2) is 14.6 Å². The Hall–Kier alpha value is -2.15. The number of alkyl halides is 3. The molecular formula is C15H12F3NO2S. The second-order valence-electron chi connectivity index (χ2n) is 4.65. The molecule has 0 fully saturated rings. The molecule has 0 saturated heterocycles. The van der Waals surface area contributed by atoms with Crippen molar-refractivity contribution in [1.29, 1.82) is 0 Å². The molecule has 0 radical (unpaired) electrons. The van der Waals surface area contributed by atoms with Gasteiger partial charge in [0.1, 0.15) is 0 Å². The molecular weight excluding hydrogens is 315 g/mol. The molecule has 0 aliphatic rings. The van der Waals surface area contributed by atoms with Crippen molar-refractivity contribution in [1.82, 2.24) is 0 Å². The Kier molecular flexibility index (Phi) is 4.37. The van der Waals surface area contributed by atoms with Crippen molar-refractivity contribution >= 4 is 16.2 Å². The summed E-state index contributed by atoms with van der Waals surface area (Å²) >= 11 is 0. The van der Waals surface area contributed by atoms with Crippen molar-refractivity contribution in [2.24, 2.45) is 4.40 Å². The molecule has 0 atom stereocenters. The Morgan fingerprint density at radius 3 is 2.27 bits per heavy atom. The first-order valence-corrected chi connectivity index (χ1v) is 7.67. The summed E-state index contributed by atoms with van der Waals surface area (Å²) in [4.78, 5) is -0.0127. The van der Waals surface area contributed by atoms with Crippen LogP contribution in [-0.2, 0) is 16.2 Å². The number of hydrogen-bond donors (Lipinski definition) is 0. The van der Waals surface area contributed by atoms with Crippen LogP contribution in [0.15, 0.2) is 57.8 Å². The number of sulfonamides is 1. The molecule has 0 unspecified atom stereocenters. The van der Waals surface area contributed by atoms with E-state index in [1.54, 1.807) is 12.1 Å². The van der Waals surface area contributed by atoms with Crippen LogP contribution in [0.25, 0.3) is 0 Å². The van der Waals surface area contributed by atoms with Crippen LogP contribution in [0.1, 0.15) is 16.7 Å². The predicted octanol–water partition coefficient (Wildman–Crippen LogP) is 3.82. The van der Waals surface area contributed by atoms with E-state index in [4.69, 9.17) is 0 Å². The molecule has 0 bridgehead atoms. The molecule has 0 saturated carbocycles. The minimum absolute atomic E-state index is 0.0127. The second-order valence-corrected chi connectivity index (χ2v) is 6.28. The summed E-state index contributed by atoms with van der Waals surface area (Å²) in [5, 5.41) is 0. The molecule has 0 spiro atoms. The van der Waals surface area contributed by atoms with Crippen LogP contribution in [0.3, 0.4) is 0 Å². The Bertz CT molecular complexity index is 794.